The van der Waals surface area contributed by atoms with E-state index in [9.17, 15) is 4.79 Å². The van der Waals surface area contributed by atoms with E-state index in [1.165, 1.54) is 6.07 Å². The van der Waals surface area contributed by atoms with Gasteiger partial charge in [0, 0.05) is 11.4 Å². The first-order valence-electron chi connectivity index (χ1n) is 11.5. The van der Waals surface area contributed by atoms with Crippen LogP contribution in [-0.4, -0.2) is 14.5 Å². The fourth-order valence-electron chi connectivity index (χ4n) is 3.22. The molecule has 0 saturated heterocycles. The molecule has 0 unspecified atom stereocenters. The van der Waals surface area contributed by atoms with Gasteiger partial charge < -0.3 is 16.8 Å². The van der Waals surface area contributed by atoms with Crippen LogP contribution in [0.25, 0.3) is 21.3 Å². The summed E-state index contributed by atoms with van der Waals surface area (Å²) < 4.78 is 41.9. The molecule has 0 radical (unpaired) electrons. The minimum Gasteiger partial charge on any atom is -0.392 e. The summed E-state index contributed by atoms with van der Waals surface area (Å²) in [6.45, 7) is 9.05. The zero-order valence-corrected chi connectivity index (χ0v) is 16.9. The van der Waals surface area contributed by atoms with Gasteiger partial charge in [-0.05, 0) is 36.5 Å². The SMILES string of the molecule is [2H]c1c([2H])c([2H])c(-n2c([C@H](C)Nc3nc(N)nc(N)c3[N+]#[C-])cc3cccc(Cl)c3c2=O)c([2H])c1[2H]. The minimum absolute atomic E-state index is 0.00810. The van der Waals surface area contributed by atoms with Gasteiger partial charge in [-0.2, -0.15) is 0 Å². The Morgan fingerprint density at radius 2 is 2.00 bits per heavy atom. The number of fused-ring (bicyclic) bond motifs is 1. The number of anilines is 3. The largest absolute Gasteiger partial charge is 0.392 e. The second-order valence-corrected chi connectivity index (χ2v) is 6.94. The zero-order valence-electron chi connectivity index (χ0n) is 21.1. The molecule has 2 aromatic carbocycles. The van der Waals surface area contributed by atoms with Crippen molar-refractivity contribution in [1.29, 1.82) is 0 Å². The molecule has 4 aromatic rings. The molecule has 0 spiro atoms. The second-order valence-electron chi connectivity index (χ2n) is 6.53. The number of pyridine rings is 1. The summed E-state index contributed by atoms with van der Waals surface area (Å²) in [5, 5.41) is 3.70. The van der Waals surface area contributed by atoms with E-state index in [1.807, 2.05) is 0 Å². The first-order valence-corrected chi connectivity index (χ1v) is 9.34. The maximum atomic E-state index is 13.8. The van der Waals surface area contributed by atoms with Crippen LogP contribution in [0.5, 0.6) is 0 Å². The number of halogens is 1. The van der Waals surface area contributed by atoms with E-state index in [4.69, 9.17) is 36.5 Å². The minimum atomic E-state index is -0.798. The van der Waals surface area contributed by atoms with Gasteiger partial charge in [0.15, 0.2) is 0 Å². The second kappa shape index (κ2) is 7.97. The van der Waals surface area contributed by atoms with Crippen molar-refractivity contribution in [3.63, 3.8) is 0 Å². The van der Waals surface area contributed by atoms with Crippen molar-refractivity contribution in [2.45, 2.75) is 13.0 Å². The number of nitrogens with zero attached hydrogens (tertiary/aromatic N) is 4. The van der Waals surface area contributed by atoms with E-state index >= 15 is 0 Å². The first-order chi connectivity index (χ1) is 17.0. The summed E-state index contributed by atoms with van der Waals surface area (Å²) in [4.78, 5) is 24.9. The molecule has 1 atom stereocenters. The van der Waals surface area contributed by atoms with Crippen LogP contribution in [0.2, 0.25) is 5.02 Å². The molecule has 0 saturated carbocycles. The third-order valence-corrected chi connectivity index (χ3v) is 4.89. The third-order valence-electron chi connectivity index (χ3n) is 4.57. The van der Waals surface area contributed by atoms with Crippen LogP contribution in [0.3, 0.4) is 0 Å². The van der Waals surface area contributed by atoms with Gasteiger partial charge in [-0.3, -0.25) is 9.36 Å². The number of hydrogen-bond acceptors (Lipinski definition) is 6. The highest BCUT2D eigenvalue weighted by atomic mass is 35.5. The Labute approximate surface area is 190 Å². The summed E-state index contributed by atoms with van der Waals surface area (Å²) in [7, 11) is 0. The number of rotatable bonds is 4. The highest BCUT2D eigenvalue weighted by Crippen LogP contribution is 2.33. The van der Waals surface area contributed by atoms with Crippen LogP contribution >= 0.6 is 11.6 Å². The average molecular weight is 437 g/mol. The fraction of sp³-hybridized carbons (Fsp3) is 0.0909. The Morgan fingerprint density at radius 1 is 1.26 bits per heavy atom. The number of nitrogens with one attached hydrogen (secondary N) is 1. The third kappa shape index (κ3) is 3.63. The predicted octanol–water partition coefficient (Wildman–Crippen LogP) is 4.32. The summed E-state index contributed by atoms with van der Waals surface area (Å²) in [6, 6.07) is 2.71. The highest BCUT2D eigenvalue weighted by molar-refractivity contribution is 6.35. The van der Waals surface area contributed by atoms with E-state index < -0.39 is 41.8 Å². The van der Waals surface area contributed by atoms with Crippen molar-refractivity contribution in [3.05, 3.63) is 87.0 Å². The predicted molar refractivity (Wildman–Crippen MR) is 124 cm³/mol. The van der Waals surface area contributed by atoms with Crippen LogP contribution in [0, 0.1) is 6.57 Å². The molecule has 4 rings (SSSR count). The van der Waals surface area contributed by atoms with Crippen LogP contribution in [0.4, 0.5) is 23.3 Å². The molecule has 5 N–H and O–H groups in total. The molecule has 0 bridgehead atoms. The van der Waals surface area contributed by atoms with Gasteiger partial charge in [-0.25, -0.2) is 14.8 Å². The van der Waals surface area contributed by atoms with E-state index in [1.54, 1.807) is 25.1 Å². The van der Waals surface area contributed by atoms with Crippen LogP contribution in [0.1, 0.15) is 25.5 Å². The Hall–Kier alpha value is -4.09. The van der Waals surface area contributed by atoms with Gasteiger partial charge in [-0.1, -0.05) is 41.9 Å². The number of aromatic nitrogens is 3. The zero-order chi connectivity index (χ0) is 26.5. The Balaban J connectivity index is 2.07. The molecule has 2 heterocycles. The van der Waals surface area contributed by atoms with Gasteiger partial charge in [0.2, 0.25) is 5.95 Å². The van der Waals surface area contributed by atoms with Crippen molar-refractivity contribution in [1.82, 2.24) is 14.5 Å². The van der Waals surface area contributed by atoms with Gasteiger partial charge in [-0.15, -0.1) is 0 Å². The molecule has 8 nitrogen and oxygen atoms in total. The summed E-state index contributed by atoms with van der Waals surface area (Å²) in [6.07, 6.45) is 0. The average Bonchev–Trinajstić information content (AvgIpc) is 2.82. The smallest absolute Gasteiger partial charge is 0.268 e. The molecule has 0 fully saturated rings. The number of nitrogens with two attached hydrogens (primary N) is 2. The number of benzene rings is 2. The normalized spacial score (nSPS) is 14.0. The topological polar surface area (TPSA) is 116 Å². The molecule has 9 heteroatoms. The lowest BCUT2D eigenvalue weighted by molar-refractivity contribution is 0.774. The maximum absolute atomic E-state index is 13.8. The highest BCUT2D eigenvalue weighted by Gasteiger charge is 2.20. The maximum Gasteiger partial charge on any atom is 0.268 e. The van der Waals surface area contributed by atoms with Gasteiger partial charge in [0.1, 0.15) is 11.6 Å². The quantitative estimate of drug-likeness (QED) is 0.410. The number of nitrogen functional groups attached to an aromatic ring is 2. The van der Waals surface area contributed by atoms with E-state index in [0.717, 1.165) is 4.57 Å². The molecule has 154 valence electrons. The lowest BCUT2D eigenvalue weighted by atomic mass is 10.1. The standard InChI is InChI=1S/C22H18ClN7O/c1-12(27-20-18(26-2)19(24)28-22(25)29-20)16-11-13-7-6-10-15(23)17(13)21(31)30(16)14-8-4-3-5-9-14/h3-12H,1H3,(H5,24,25,27,28,29)/t12-/m0/s1/i3D,4D,5D,8D,9D. The van der Waals surface area contributed by atoms with Crippen molar-refractivity contribution in [2.24, 2.45) is 0 Å². The lowest BCUT2D eigenvalue weighted by Crippen LogP contribution is -2.26. The van der Waals surface area contributed by atoms with E-state index in [-0.39, 0.29) is 45.1 Å². The summed E-state index contributed by atoms with van der Waals surface area (Å²) in [5.74, 6) is -0.308. The first kappa shape index (κ1) is 14.8. The Bertz CT molecular complexity index is 1640. The van der Waals surface area contributed by atoms with Crippen molar-refractivity contribution >= 4 is 45.6 Å². The van der Waals surface area contributed by atoms with E-state index in [0.29, 0.717) is 5.39 Å². The van der Waals surface area contributed by atoms with Gasteiger partial charge in [0.05, 0.1) is 29.9 Å². The van der Waals surface area contributed by atoms with Crippen molar-refractivity contribution < 1.29 is 6.85 Å². The molecule has 2 aromatic heterocycles. The molecule has 0 aliphatic heterocycles. The monoisotopic (exact) mass is 436 g/mol. The van der Waals surface area contributed by atoms with Gasteiger partial charge in [0.25, 0.3) is 11.2 Å². The molecule has 0 aliphatic rings. The van der Waals surface area contributed by atoms with Gasteiger partial charge >= 0.3 is 0 Å². The lowest BCUT2D eigenvalue weighted by Gasteiger charge is -2.22. The summed E-state index contributed by atoms with van der Waals surface area (Å²) in [5.41, 5.74) is 10.6. The summed E-state index contributed by atoms with van der Waals surface area (Å²) >= 11 is 6.32. The van der Waals surface area contributed by atoms with Crippen molar-refractivity contribution in [3.8, 4) is 5.69 Å². The molecule has 0 aliphatic carbocycles. The molecular formula is C22H18ClN7O. The number of para-hydroxylation sites is 1. The van der Waals surface area contributed by atoms with Crippen molar-refractivity contribution in [2.75, 3.05) is 16.8 Å². The Kier molecular flexibility index (Phi) is 3.81. The molecule has 0 amide bonds. The van der Waals surface area contributed by atoms with Crippen LogP contribution in [0.15, 0.2) is 59.3 Å². The van der Waals surface area contributed by atoms with Crippen LogP contribution < -0.4 is 22.3 Å². The van der Waals surface area contributed by atoms with E-state index in [2.05, 4.69) is 20.1 Å². The van der Waals surface area contributed by atoms with Crippen LogP contribution in [-0.2, 0) is 0 Å². The molecule has 31 heavy (non-hydrogen) atoms. The Morgan fingerprint density at radius 3 is 2.71 bits per heavy atom. The number of hydrogen-bond donors (Lipinski definition) is 3. The molecular weight excluding hydrogens is 414 g/mol. The fourth-order valence-corrected chi connectivity index (χ4v) is 3.49.